The van der Waals surface area contributed by atoms with Gasteiger partial charge in [0, 0.05) is 12.7 Å². The van der Waals surface area contributed by atoms with Gasteiger partial charge in [-0.1, -0.05) is 12.1 Å². The zero-order chi connectivity index (χ0) is 16.9. The standard InChI is InChI=1S/C18H18N4O2/c1-24-16-7-3-2-6-15(16)22-10-4-5-14(18(22)23)21-17-9-8-13(11-19)12-20-17/h2-3,6-9,12,14H,4-5,10H2,1H3,(H,20,21)/t14-/m1/s1. The summed E-state index contributed by atoms with van der Waals surface area (Å²) >= 11 is 0. The fourth-order valence-corrected chi connectivity index (χ4v) is 2.83. The molecule has 6 nitrogen and oxygen atoms in total. The number of carbonyl (C=O) groups is 1. The van der Waals surface area contributed by atoms with Crippen LogP contribution in [0.4, 0.5) is 11.5 Å². The summed E-state index contributed by atoms with van der Waals surface area (Å²) in [6.07, 6.45) is 3.12. The number of hydrogen-bond acceptors (Lipinski definition) is 5. The van der Waals surface area contributed by atoms with Crippen LogP contribution >= 0.6 is 0 Å². The largest absolute Gasteiger partial charge is 0.495 e. The van der Waals surface area contributed by atoms with Crippen molar-refractivity contribution in [3.63, 3.8) is 0 Å². The highest BCUT2D eigenvalue weighted by Crippen LogP contribution is 2.31. The number of nitrogens with one attached hydrogen (secondary N) is 1. The quantitative estimate of drug-likeness (QED) is 0.936. The van der Waals surface area contributed by atoms with Crippen LogP contribution < -0.4 is 15.0 Å². The number of aromatic nitrogens is 1. The van der Waals surface area contributed by atoms with Crippen LogP contribution in [0.3, 0.4) is 0 Å². The number of methoxy groups -OCH3 is 1. The molecule has 3 rings (SSSR count). The van der Waals surface area contributed by atoms with E-state index in [1.165, 1.54) is 6.20 Å². The zero-order valence-electron chi connectivity index (χ0n) is 13.4. The van der Waals surface area contributed by atoms with E-state index in [-0.39, 0.29) is 11.9 Å². The van der Waals surface area contributed by atoms with Gasteiger partial charge in [0.1, 0.15) is 23.7 Å². The first kappa shape index (κ1) is 15.8. The molecule has 1 amide bonds. The van der Waals surface area contributed by atoms with Crippen LogP contribution in [0.1, 0.15) is 18.4 Å². The molecule has 0 radical (unpaired) electrons. The fraction of sp³-hybridized carbons (Fsp3) is 0.278. The van der Waals surface area contributed by atoms with Crippen LogP contribution in [0.25, 0.3) is 0 Å². The number of rotatable bonds is 4. The molecule has 6 heteroatoms. The van der Waals surface area contributed by atoms with Crippen LogP contribution in [-0.2, 0) is 4.79 Å². The molecule has 1 aromatic carbocycles. The van der Waals surface area contributed by atoms with Gasteiger partial charge in [-0.15, -0.1) is 0 Å². The number of nitriles is 1. The van der Waals surface area contributed by atoms with Gasteiger partial charge in [-0.25, -0.2) is 4.98 Å². The highest BCUT2D eigenvalue weighted by atomic mass is 16.5. The molecule has 24 heavy (non-hydrogen) atoms. The summed E-state index contributed by atoms with van der Waals surface area (Å²) in [5, 5.41) is 12.0. The van der Waals surface area contributed by atoms with E-state index in [2.05, 4.69) is 10.3 Å². The summed E-state index contributed by atoms with van der Waals surface area (Å²) < 4.78 is 5.37. The summed E-state index contributed by atoms with van der Waals surface area (Å²) in [7, 11) is 1.60. The maximum absolute atomic E-state index is 12.8. The summed E-state index contributed by atoms with van der Waals surface area (Å²) in [6, 6.07) is 12.6. The van der Waals surface area contributed by atoms with Gasteiger partial charge in [0.15, 0.2) is 0 Å². The van der Waals surface area contributed by atoms with Crippen molar-refractivity contribution in [3.8, 4) is 11.8 Å². The SMILES string of the molecule is COc1ccccc1N1CCC[C@@H](Nc2ccc(C#N)cn2)C1=O. The fourth-order valence-electron chi connectivity index (χ4n) is 2.83. The summed E-state index contributed by atoms with van der Waals surface area (Å²) in [5.41, 5.74) is 1.27. The Morgan fingerprint density at radius 1 is 1.33 bits per heavy atom. The van der Waals surface area contributed by atoms with Gasteiger partial charge in [0.2, 0.25) is 5.91 Å². The Labute approximate surface area is 140 Å². The van der Waals surface area contributed by atoms with Gasteiger partial charge in [-0.2, -0.15) is 5.26 Å². The number of para-hydroxylation sites is 2. The molecule has 1 aromatic heterocycles. The summed E-state index contributed by atoms with van der Waals surface area (Å²) in [4.78, 5) is 18.8. The number of anilines is 2. The lowest BCUT2D eigenvalue weighted by Gasteiger charge is -2.33. The van der Waals surface area contributed by atoms with E-state index < -0.39 is 0 Å². The van der Waals surface area contributed by atoms with E-state index in [1.54, 1.807) is 24.1 Å². The Hall–Kier alpha value is -3.07. The van der Waals surface area contributed by atoms with E-state index in [4.69, 9.17) is 10.00 Å². The molecule has 1 N–H and O–H groups in total. The van der Waals surface area contributed by atoms with E-state index in [0.29, 0.717) is 23.7 Å². The van der Waals surface area contributed by atoms with Crippen LogP contribution in [0.15, 0.2) is 42.6 Å². The average Bonchev–Trinajstić information content (AvgIpc) is 2.64. The maximum Gasteiger partial charge on any atom is 0.249 e. The first-order valence-corrected chi connectivity index (χ1v) is 7.80. The zero-order valence-corrected chi connectivity index (χ0v) is 13.4. The van der Waals surface area contributed by atoms with E-state index >= 15 is 0 Å². The number of nitrogens with zero attached hydrogens (tertiary/aromatic N) is 3. The number of ether oxygens (including phenoxy) is 1. The van der Waals surface area contributed by atoms with Crippen molar-refractivity contribution in [2.75, 3.05) is 23.9 Å². The Morgan fingerprint density at radius 2 is 2.17 bits per heavy atom. The minimum absolute atomic E-state index is 0.00286. The smallest absolute Gasteiger partial charge is 0.249 e. The lowest BCUT2D eigenvalue weighted by atomic mass is 10.0. The number of benzene rings is 1. The molecule has 0 saturated carbocycles. The van der Waals surface area contributed by atoms with E-state index in [1.807, 2.05) is 30.3 Å². The molecule has 1 aliphatic rings. The third-order valence-electron chi connectivity index (χ3n) is 4.03. The minimum Gasteiger partial charge on any atom is -0.495 e. The molecular formula is C18H18N4O2. The number of hydrogen-bond donors (Lipinski definition) is 1. The van der Waals surface area contributed by atoms with Crippen LogP contribution in [-0.4, -0.2) is 30.6 Å². The Bertz CT molecular complexity index is 767. The minimum atomic E-state index is -0.343. The van der Waals surface area contributed by atoms with Gasteiger partial charge in [0.25, 0.3) is 0 Å². The van der Waals surface area contributed by atoms with Crippen LogP contribution in [0.5, 0.6) is 5.75 Å². The number of pyridine rings is 1. The monoisotopic (exact) mass is 322 g/mol. The number of piperidine rings is 1. The van der Waals surface area contributed by atoms with Gasteiger partial charge >= 0.3 is 0 Å². The molecule has 122 valence electrons. The highest BCUT2D eigenvalue weighted by Gasteiger charge is 2.31. The van der Waals surface area contributed by atoms with Crippen molar-refractivity contribution >= 4 is 17.4 Å². The number of amides is 1. The second-order valence-electron chi connectivity index (χ2n) is 5.54. The van der Waals surface area contributed by atoms with Crippen molar-refractivity contribution < 1.29 is 9.53 Å². The summed E-state index contributed by atoms with van der Waals surface area (Å²) in [6.45, 7) is 0.665. The third kappa shape index (κ3) is 3.15. The second kappa shape index (κ2) is 7.01. The molecular weight excluding hydrogens is 304 g/mol. The second-order valence-corrected chi connectivity index (χ2v) is 5.54. The Morgan fingerprint density at radius 3 is 2.88 bits per heavy atom. The first-order chi connectivity index (χ1) is 11.7. The molecule has 2 aromatic rings. The Kier molecular flexibility index (Phi) is 4.62. The van der Waals surface area contributed by atoms with Crippen LogP contribution in [0, 0.1) is 11.3 Å². The van der Waals surface area contributed by atoms with Crippen molar-refractivity contribution in [2.24, 2.45) is 0 Å². The Balaban J connectivity index is 1.78. The highest BCUT2D eigenvalue weighted by molar-refractivity contribution is 6.00. The molecule has 0 aliphatic carbocycles. The molecule has 1 fully saturated rings. The van der Waals surface area contributed by atoms with Crippen molar-refractivity contribution in [1.82, 2.24) is 4.98 Å². The molecule has 2 heterocycles. The van der Waals surface area contributed by atoms with Crippen molar-refractivity contribution in [3.05, 3.63) is 48.2 Å². The molecule has 1 atom stereocenters. The van der Waals surface area contributed by atoms with E-state index in [0.717, 1.165) is 18.5 Å². The maximum atomic E-state index is 12.8. The average molecular weight is 322 g/mol. The first-order valence-electron chi connectivity index (χ1n) is 7.80. The topological polar surface area (TPSA) is 78.2 Å². The molecule has 0 unspecified atom stereocenters. The van der Waals surface area contributed by atoms with Crippen molar-refractivity contribution in [1.29, 1.82) is 5.26 Å². The van der Waals surface area contributed by atoms with E-state index in [9.17, 15) is 4.79 Å². The lowest BCUT2D eigenvalue weighted by Crippen LogP contribution is -2.48. The van der Waals surface area contributed by atoms with Gasteiger partial charge in [-0.3, -0.25) is 4.79 Å². The van der Waals surface area contributed by atoms with Crippen LogP contribution in [0.2, 0.25) is 0 Å². The normalized spacial score (nSPS) is 17.2. The molecule has 1 saturated heterocycles. The summed E-state index contributed by atoms with van der Waals surface area (Å²) in [5.74, 6) is 1.27. The predicted molar refractivity (Wildman–Crippen MR) is 90.9 cm³/mol. The van der Waals surface area contributed by atoms with Crippen molar-refractivity contribution in [2.45, 2.75) is 18.9 Å². The van der Waals surface area contributed by atoms with Gasteiger partial charge < -0.3 is 15.0 Å². The molecule has 0 bridgehead atoms. The number of carbonyl (C=O) groups excluding carboxylic acids is 1. The van der Waals surface area contributed by atoms with Gasteiger partial charge in [0.05, 0.1) is 18.4 Å². The third-order valence-corrected chi connectivity index (χ3v) is 4.03. The lowest BCUT2D eigenvalue weighted by molar-refractivity contribution is -0.120. The molecule has 0 spiro atoms. The molecule has 1 aliphatic heterocycles. The van der Waals surface area contributed by atoms with Gasteiger partial charge in [-0.05, 0) is 37.1 Å². The predicted octanol–water partition coefficient (Wildman–Crippen LogP) is 2.57.